The summed E-state index contributed by atoms with van der Waals surface area (Å²) in [5, 5.41) is 13.5. The molecule has 0 unspecified atom stereocenters. The van der Waals surface area contributed by atoms with Gasteiger partial charge in [-0.1, -0.05) is 30.4 Å². The molecule has 3 N–H and O–H groups in total. The van der Waals surface area contributed by atoms with Crippen molar-refractivity contribution in [3.8, 4) is 0 Å². The van der Waals surface area contributed by atoms with Crippen molar-refractivity contribution in [2.45, 2.75) is 49.3 Å². The second-order valence-electron chi connectivity index (χ2n) is 5.64. The lowest BCUT2D eigenvalue weighted by Gasteiger charge is -2.45. The highest BCUT2D eigenvalue weighted by molar-refractivity contribution is 5.19. The third-order valence-electron chi connectivity index (χ3n) is 4.17. The van der Waals surface area contributed by atoms with Crippen LogP contribution in [-0.2, 0) is 0 Å². The van der Waals surface area contributed by atoms with Crippen LogP contribution in [0.3, 0.4) is 0 Å². The Labute approximate surface area is 123 Å². The van der Waals surface area contributed by atoms with Gasteiger partial charge in [-0.05, 0) is 6.08 Å². The molecule has 110 valence electrons. The summed E-state index contributed by atoms with van der Waals surface area (Å²) in [4.78, 5) is 0. The molecule has 1 rings (SSSR count). The molecule has 0 spiro atoms. The fourth-order valence-corrected chi connectivity index (χ4v) is 3.19. The predicted octanol–water partition coefficient (Wildman–Crippen LogP) is 2.65. The molecule has 0 saturated heterocycles. The van der Waals surface area contributed by atoms with Crippen LogP contribution in [0.15, 0.2) is 62.8 Å². The maximum atomic E-state index is 11.2. The molecule has 20 heavy (non-hydrogen) atoms. The van der Waals surface area contributed by atoms with Crippen LogP contribution in [0.5, 0.6) is 0 Å². The maximum Gasteiger partial charge on any atom is 0.148 e. The summed E-state index contributed by atoms with van der Waals surface area (Å²) < 4.78 is 0. The SMILES string of the molecule is C=CC[C@@H]1CC=C[C@@](CC=C)(C(O)(CC=C)CC=C)[NH2+]1. The molecule has 2 atom stereocenters. The molecule has 0 fully saturated rings. The van der Waals surface area contributed by atoms with Crippen LogP contribution in [-0.4, -0.2) is 22.3 Å². The summed E-state index contributed by atoms with van der Waals surface area (Å²) in [7, 11) is 0. The van der Waals surface area contributed by atoms with Crippen molar-refractivity contribution in [3.05, 3.63) is 62.8 Å². The van der Waals surface area contributed by atoms with E-state index in [9.17, 15) is 5.11 Å². The zero-order valence-corrected chi connectivity index (χ0v) is 12.4. The molecule has 2 nitrogen and oxygen atoms in total. The summed E-state index contributed by atoms with van der Waals surface area (Å²) in [5.41, 5.74) is -1.29. The van der Waals surface area contributed by atoms with Gasteiger partial charge in [-0.15, -0.1) is 26.3 Å². The molecule has 0 aromatic heterocycles. The fraction of sp³-hybridized carbons (Fsp3) is 0.444. The zero-order valence-electron chi connectivity index (χ0n) is 12.4. The minimum Gasteiger partial charge on any atom is -0.382 e. The Morgan fingerprint density at radius 3 is 2.30 bits per heavy atom. The average Bonchev–Trinajstić information content (AvgIpc) is 2.40. The normalized spacial score (nSPS) is 25.9. The van der Waals surface area contributed by atoms with Gasteiger partial charge in [-0.2, -0.15) is 0 Å². The summed E-state index contributed by atoms with van der Waals surface area (Å²) >= 11 is 0. The van der Waals surface area contributed by atoms with Crippen LogP contribution in [0, 0.1) is 0 Å². The number of quaternary nitrogens is 1. The number of rotatable bonds is 9. The Morgan fingerprint density at radius 1 is 1.15 bits per heavy atom. The van der Waals surface area contributed by atoms with Gasteiger partial charge in [0.15, 0.2) is 0 Å². The summed E-state index contributed by atoms with van der Waals surface area (Å²) in [5.74, 6) is 0. The van der Waals surface area contributed by atoms with Gasteiger partial charge >= 0.3 is 0 Å². The molecule has 2 heteroatoms. The van der Waals surface area contributed by atoms with Crippen LogP contribution >= 0.6 is 0 Å². The maximum absolute atomic E-state index is 11.2. The number of hydrogen-bond donors (Lipinski definition) is 2. The molecule has 1 aliphatic heterocycles. The Balaban J connectivity index is 3.16. The second kappa shape index (κ2) is 7.41. The molecule has 0 bridgehead atoms. The summed E-state index contributed by atoms with van der Waals surface area (Å²) in [6.45, 7) is 15.3. The molecule has 0 aliphatic carbocycles. The average molecular weight is 274 g/mol. The van der Waals surface area contributed by atoms with Crippen LogP contribution in [0.25, 0.3) is 0 Å². The van der Waals surface area contributed by atoms with E-state index in [1.54, 1.807) is 12.2 Å². The third kappa shape index (κ3) is 3.38. The molecule has 0 saturated carbocycles. The highest BCUT2D eigenvalue weighted by Gasteiger charge is 2.51. The fourth-order valence-electron chi connectivity index (χ4n) is 3.19. The lowest BCUT2D eigenvalue weighted by Crippen LogP contribution is -3.05. The Hall–Kier alpha value is -1.38. The van der Waals surface area contributed by atoms with E-state index >= 15 is 0 Å². The smallest absolute Gasteiger partial charge is 0.148 e. The van der Waals surface area contributed by atoms with Crippen molar-refractivity contribution >= 4 is 0 Å². The van der Waals surface area contributed by atoms with Gasteiger partial charge in [0.05, 0.1) is 6.04 Å². The number of hydrogen-bond acceptors (Lipinski definition) is 1. The monoisotopic (exact) mass is 274 g/mol. The molecule has 0 aromatic rings. The van der Waals surface area contributed by atoms with Crippen molar-refractivity contribution in [1.29, 1.82) is 0 Å². The molecule has 0 aromatic carbocycles. The van der Waals surface area contributed by atoms with E-state index < -0.39 is 11.1 Å². The van der Waals surface area contributed by atoms with E-state index in [1.165, 1.54) is 0 Å². The van der Waals surface area contributed by atoms with Crippen LogP contribution in [0.4, 0.5) is 0 Å². The Bertz CT molecular complexity index is 386. The van der Waals surface area contributed by atoms with Gasteiger partial charge < -0.3 is 10.4 Å². The highest BCUT2D eigenvalue weighted by Crippen LogP contribution is 2.33. The van der Waals surface area contributed by atoms with Gasteiger partial charge in [0.1, 0.15) is 11.1 Å². The number of aliphatic hydroxyl groups is 1. The highest BCUT2D eigenvalue weighted by atomic mass is 16.3. The van der Waals surface area contributed by atoms with Crippen molar-refractivity contribution < 1.29 is 10.4 Å². The van der Waals surface area contributed by atoms with Gasteiger partial charge in [0.2, 0.25) is 0 Å². The zero-order chi connectivity index (χ0) is 15.1. The topological polar surface area (TPSA) is 36.8 Å². The molecule has 0 radical (unpaired) electrons. The van der Waals surface area contributed by atoms with E-state index in [-0.39, 0.29) is 0 Å². The molecule has 0 amide bonds. The minimum absolute atomic E-state index is 0.400. The van der Waals surface area contributed by atoms with Gasteiger partial charge in [-0.3, -0.25) is 0 Å². The Morgan fingerprint density at radius 2 is 1.80 bits per heavy atom. The molecular formula is C18H28NO+. The van der Waals surface area contributed by atoms with E-state index in [1.807, 2.05) is 12.2 Å². The Kier molecular flexibility index (Phi) is 6.18. The van der Waals surface area contributed by atoms with Crippen molar-refractivity contribution in [1.82, 2.24) is 0 Å². The van der Waals surface area contributed by atoms with Gasteiger partial charge in [-0.25, -0.2) is 0 Å². The summed E-state index contributed by atoms with van der Waals surface area (Å²) in [6.07, 6.45) is 15.4. The first-order valence-electron chi connectivity index (χ1n) is 7.27. The third-order valence-corrected chi connectivity index (χ3v) is 4.17. The standard InChI is InChI=1S/C18H27NO/c1-5-10-16-11-9-15-17(19-16,12-6-2)18(20,13-7-3)14-8-4/h5-9,15-16,19-20H,1-4,10-14H2/p+1/t16-,17+/m1/s1. The van der Waals surface area contributed by atoms with Crippen LogP contribution < -0.4 is 5.32 Å². The lowest BCUT2D eigenvalue weighted by molar-refractivity contribution is -0.761. The van der Waals surface area contributed by atoms with Crippen LogP contribution in [0.1, 0.15) is 32.1 Å². The van der Waals surface area contributed by atoms with E-state index in [0.29, 0.717) is 18.9 Å². The van der Waals surface area contributed by atoms with E-state index in [0.717, 1.165) is 19.3 Å². The van der Waals surface area contributed by atoms with Gasteiger partial charge in [0, 0.05) is 32.1 Å². The molecule has 1 heterocycles. The van der Waals surface area contributed by atoms with E-state index in [4.69, 9.17) is 0 Å². The van der Waals surface area contributed by atoms with Gasteiger partial charge in [0.25, 0.3) is 0 Å². The first kappa shape index (κ1) is 16.7. The van der Waals surface area contributed by atoms with Crippen molar-refractivity contribution in [3.63, 3.8) is 0 Å². The van der Waals surface area contributed by atoms with Crippen LogP contribution in [0.2, 0.25) is 0 Å². The predicted molar refractivity (Wildman–Crippen MR) is 86.4 cm³/mol. The second-order valence-corrected chi connectivity index (χ2v) is 5.64. The van der Waals surface area contributed by atoms with E-state index in [2.05, 4.69) is 43.8 Å². The first-order chi connectivity index (χ1) is 9.57. The minimum atomic E-state index is -0.888. The lowest BCUT2D eigenvalue weighted by atomic mass is 9.70. The van der Waals surface area contributed by atoms with Crippen molar-refractivity contribution in [2.75, 3.05) is 0 Å². The largest absolute Gasteiger partial charge is 0.382 e. The summed E-state index contributed by atoms with van der Waals surface area (Å²) in [6, 6.07) is 0.415. The van der Waals surface area contributed by atoms with Crippen molar-refractivity contribution in [2.24, 2.45) is 0 Å². The molecule has 1 aliphatic rings. The first-order valence-corrected chi connectivity index (χ1v) is 7.27. The molecular weight excluding hydrogens is 246 g/mol. The number of nitrogens with two attached hydrogens (primary N) is 1. The quantitative estimate of drug-likeness (QED) is 0.623.